The lowest BCUT2D eigenvalue weighted by Crippen LogP contribution is -2.29. The summed E-state index contributed by atoms with van der Waals surface area (Å²) in [4.78, 5) is 19.6. The van der Waals surface area contributed by atoms with Crippen molar-refractivity contribution in [2.75, 3.05) is 11.4 Å². The Bertz CT molecular complexity index is 1290. The van der Waals surface area contributed by atoms with E-state index >= 15 is 0 Å². The maximum Gasteiger partial charge on any atom is 0.292 e. The molecule has 4 aromatic rings. The summed E-state index contributed by atoms with van der Waals surface area (Å²) in [5, 5.41) is 5.02. The van der Waals surface area contributed by atoms with Crippen molar-refractivity contribution < 1.29 is 8.78 Å². The van der Waals surface area contributed by atoms with Gasteiger partial charge in [-0.1, -0.05) is 23.7 Å². The Kier molecular flexibility index (Phi) is 4.75. The van der Waals surface area contributed by atoms with Gasteiger partial charge in [-0.2, -0.15) is 9.78 Å². The molecular formula is C21H15ClF2N4OS. The van der Waals surface area contributed by atoms with Crippen molar-refractivity contribution >= 4 is 38.8 Å². The molecule has 2 aromatic heterocycles. The van der Waals surface area contributed by atoms with E-state index in [2.05, 4.69) is 5.10 Å². The number of aromatic nitrogens is 3. The highest BCUT2D eigenvalue weighted by atomic mass is 35.5. The molecule has 1 fully saturated rings. The molecule has 0 amide bonds. The first-order valence-corrected chi connectivity index (χ1v) is 10.6. The molecule has 0 spiro atoms. The highest BCUT2D eigenvalue weighted by Gasteiger charge is 2.31. The molecule has 152 valence electrons. The third-order valence-electron chi connectivity index (χ3n) is 5.20. The maximum absolute atomic E-state index is 14.1. The molecule has 0 aliphatic carbocycles. The van der Waals surface area contributed by atoms with Crippen LogP contribution < -0.4 is 10.5 Å². The summed E-state index contributed by atoms with van der Waals surface area (Å²) in [7, 11) is 0. The normalized spacial score (nSPS) is 16.5. The third-order valence-corrected chi connectivity index (χ3v) is 6.69. The van der Waals surface area contributed by atoms with Crippen LogP contribution in [0.3, 0.4) is 0 Å². The molecule has 5 rings (SSSR count). The minimum Gasteiger partial charge on any atom is -0.359 e. The predicted octanol–water partition coefficient (Wildman–Crippen LogP) is 5.12. The number of benzene rings is 2. The fourth-order valence-corrected chi connectivity index (χ4v) is 5.15. The van der Waals surface area contributed by atoms with Gasteiger partial charge in [0.25, 0.3) is 5.56 Å². The Morgan fingerprint density at radius 1 is 1.13 bits per heavy atom. The second-order valence-corrected chi connectivity index (χ2v) is 8.47. The number of rotatable bonds is 3. The highest BCUT2D eigenvalue weighted by Crippen LogP contribution is 2.40. The molecule has 1 saturated heterocycles. The van der Waals surface area contributed by atoms with E-state index in [1.54, 1.807) is 11.3 Å². The van der Waals surface area contributed by atoms with E-state index in [1.165, 1.54) is 6.20 Å². The SMILES string of the molecule is O=c1c(Cl)c(N2CCCC2c2nc3ccccc3s2)cnn1-c1ccc(F)cc1F. The zero-order valence-corrected chi connectivity index (χ0v) is 17.1. The van der Waals surface area contributed by atoms with Crippen LogP contribution in [0.4, 0.5) is 14.5 Å². The van der Waals surface area contributed by atoms with Crippen LogP contribution in [0, 0.1) is 11.6 Å². The van der Waals surface area contributed by atoms with Crippen LogP contribution >= 0.6 is 22.9 Å². The monoisotopic (exact) mass is 444 g/mol. The third kappa shape index (κ3) is 3.16. The van der Waals surface area contributed by atoms with Gasteiger partial charge in [0.2, 0.25) is 0 Å². The molecule has 0 saturated carbocycles. The van der Waals surface area contributed by atoms with Gasteiger partial charge in [0.15, 0.2) is 5.82 Å². The average Bonchev–Trinajstić information content (AvgIpc) is 3.37. The number of hydrogen-bond donors (Lipinski definition) is 0. The zero-order valence-electron chi connectivity index (χ0n) is 15.6. The van der Waals surface area contributed by atoms with Crippen molar-refractivity contribution in [3.63, 3.8) is 0 Å². The van der Waals surface area contributed by atoms with Gasteiger partial charge in [-0.05, 0) is 37.1 Å². The topological polar surface area (TPSA) is 51.0 Å². The van der Waals surface area contributed by atoms with E-state index in [0.717, 1.165) is 44.9 Å². The van der Waals surface area contributed by atoms with Crippen molar-refractivity contribution in [2.24, 2.45) is 0 Å². The van der Waals surface area contributed by atoms with Crippen LogP contribution in [-0.4, -0.2) is 21.3 Å². The molecule has 5 nitrogen and oxygen atoms in total. The summed E-state index contributed by atoms with van der Waals surface area (Å²) < 4.78 is 29.3. The van der Waals surface area contributed by atoms with E-state index in [9.17, 15) is 13.6 Å². The average molecular weight is 445 g/mol. The molecule has 1 aliphatic heterocycles. The summed E-state index contributed by atoms with van der Waals surface area (Å²) in [6.45, 7) is 0.705. The molecule has 1 atom stereocenters. The van der Waals surface area contributed by atoms with Crippen LogP contribution in [0.1, 0.15) is 23.9 Å². The lowest BCUT2D eigenvalue weighted by atomic mass is 10.2. The first kappa shape index (κ1) is 19.1. The summed E-state index contributed by atoms with van der Waals surface area (Å²) in [5.74, 6) is -1.62. The van der Waals surface area contributed by atoms with Crippen molar-refractivity contribution in [1.82, 2.24) is 14.8 Å². The van der Waals surface area contributed by atoms with Gasteiger partial charge in [0.1, 0.15) is 21.5 Å². The van der Waals surface area contributed by atoms with E-state index in [4.69, 9.17) is 16.6 Å². The van der Waals surface area contributed by atoms with E-state index in [1.807, 2.05) is 29.2 Å². The largest absolute Gasteiger partial charge is 0.359 e. The van der Waals surface area contributed by atoms with Crippen LogP contribution in [-0.2, 0) is 0 Å². The number of nitrogens with zero attached hydrogens (tertiary/aromatic N) is 4. The number of halogens is 3. The van der Waals surface area contributed by atoms with Crippen LogP contribution in [0.25, 0.3) is 15.9 Å². The smallest absolute Gasteiger partial charge is 0.292 e. The number of thiazole rings is 1. The van der Waals surface area contributed by atoms with Gasteiger partial charge in [-0.25, -0.2) is 13.8 Å². The summed E-state index contributed by atoms with van der Waals surface area (Å²) >= 11 is 8.04. The molecular weight excluding hydrogens is 430 g/mol. The van der Waals surface area contributed by atoms with Crippen LogP contribution in [0.15, 0.2) is 53.5 Å². The number of anilines is 1. The minimum atomic E-state index is -0.887. The highest BCUT2D eigenvalue weighted by molar-refractivity contribution is 7.18. The Morgan fingerprint density at radius 3 is 2.77 bits per heavy atom. The van der Waals surface area contributed by atoms with E-state index in [-0.39, 0.29) is 16.8 Å². The van der Waals surface area contributed by atoms with Crippen molar-refractivity contribution in [3.8, 4) is 5.69 Å². The van der Waals surface area contributed by atoms with Crippen molar-refractivity contribution in [1.29, 1.82) is 0 Å². The molecule has 0 bridgehead atoms. The fourth-order valence-electron chi connectivity index (χ4n) is 3.79. The van der Waals surface area contributed by atoms with Crippen LogP contribution in [0.2, 0.25) is 5.02 Å². The predicted molar refractivity (Wildman–Crippen MR) is 114 cm³/mol. The lowest BCUT2D eigenvalue weighted by molar-refractivity contribution is 0.570. The Balaban J connectivity index is 1.55. The number of fused-ring (bicyclic) bond motifs is 1. The van der Waals surface area contributed by atoms with Crippen molar-refractivity contribution in [2.45, 2.75) is 18.9 Å². The fraction of sp³-hybridized carbons (Fsp3) is 0.190. The molecule has 3 heterocycles. The summed E-state index contributed by atoms with van der Waals surface area (Å²) in [6.07, 6.45) is 3.26. The molecule has 30 heavy (non-hydrogen) atoms. The van der Waals surface area contributed by atoms with E-state index < -0.39 is 17.2 Å². The number of para-hydroxylation sites is 1. The molecule has 1 aliphatic rings. The van der Waals surface area contributed by atoms with Crippen molar-refractivity contribution in [3.05, 3.63) is 80.7 Å². The maximum atomic E-state index is 14.1. The second-order valence-electron chi connectivity index (χ2n) is 7.03. The van der Waals surface area contributed by atoms with Gasteiger partial charge in [0.05, 0.1) is 28.1 Å². The van der Waals surface area contributed by atoms with Crippen LogP contribution in [0.5, 0.6) is 0 Å². The zero-order chi connectivity index (χ0) is 20.8. The molecule has 0 radical (unpaired) electrons. The molecule has 1 unspecified atom stereocenters. The van der Waals surface area contributed by atoms with Gasteiger partial charge >= 0.3 is 0 Å². The lowest BCUT2D eigenvalue weighted by Gasteiger charge is -2.25. The standard InChI is InChI=1S/C21H15ClF2N4OS/c22-19-17(11-25-28(21(19)29)15-8-7-12(23)10-13(15)24)27-9-3-5-16(27)20-26-14-4-1-2-6-18(14)30-20/h1-2,4,6-8,10-11,16H,3,5,9H2. The quantitative estimate of drug-likeness (QED) is 0.440. The number of hydrogen-bond acceptors (Lipinski definition) is 5. The minimum absolute atomic E-state index is 0.0143. The summed E-state index contributed by atoms with van der Waals surface area (Å²) in [6, 6.07) is 10.9. The Morgan fingerprint density at radius 2 is 1.97 bits per heavy atom. The first-order valence-electron chi connectivity index (χ1n) is 9.38. The molecule has 2 aromatic carbocycles. The molecule has 9 heteroatoms. The summed E-state index contributed by atoms with van der Waals surface area (Å²) in [5.41, 5.74) is 0.617. The molecule has 0 N–H and O–H groups in total. The van der Waals surface area contributed by atoms with Gasteiger partial charge in [-0.3, -0.25) is 4.79 Å². The Labute approximate surface area is 179 Å². The Hall–Kier alpha value is -2.84. The first-order chi connectivity index (χ1) is 14.5. The van der Waals surface area contributed by atoms with Gasteiger partial charge in [-0.15, -0.1) is 11.3 Å². The van der Waals surface area contributed by atoms with Gasteiger partial charge in [0, 0.05) is 12.6 Å². The second kappa shape index (κ2) is 7.45. The van der Waals surface area contributed by atoms with Gasteiger partial charge < -0.3 is 4.90 Å². The van der Waals surface area contributed by atoms with E-state index in [0.29, 0.717) is 18.3 Å².